The number of ether oxygens (including phenoxy) is 1. The molecule has 11 heteroatoms. The van der Waals surface area contributed by atoms with Crippen molar-refractivity contribution < 1.29 is 31.9 Å². The lowest BCUT2D eigenvalue weighted by Gasteiger charge is -2.09. The molecule has 0 aliphatic rings. The number of amides is 1. The fourth-order valence-electron chi connectivity index (χ4n) is 2.64. The maximum Gasteiger partial charge on any atom is 0.338 e. The molecular formula is C22H19FN2O6S2. The second-order valence-electron chi connectivity index (χ2n) is 6.82. The Morgan fingerprint density at radius 1 is 1.03 bits per heavy atom. The summed E-state index contributed by atoms with van der Waals surface area (Å²) in [5, 5.41) is 2.62. The third-order valence-electron chi connectivity index (χ3n) is 4.26. The quantitative estimate of drug-likeness (QED) is 0.351. The molecular weight excluding hydrogens is 471 g/mol. The van der Waals surface area contributed by atoms with Gasteiger partial charge in [0, 0.05) is 17.5 Å². The summed E-state index contributed by atoms with van der Waals surface area (Å²) in [7, 11) is -4.04. The predicted molar refractivity (Wildman–Crippen MR) is 120 cm³/mol. The molecule has 0 spiro atoms. The largest absolute Gasteiger partial charge is 0.454 e. The van der Waals surface area contributed by atoms with Crippen LogP contribution in [-0.4, -0.2) is 32.7 Å². The number of anilines is 1. The van der Waals surface area contributed by atoms with Crippen molar-refractivity contribution in [3.63, 3.8) is 0 Å². The van der Waals surface area contributed by atoms with Crippen LogP contribution in [0.2, 0.25) is 0 Å². The minimum Gasteiger partial charge on any atom is -0.454 e. The number of Topliss-reactive ketones (excluding diaryl/α,β-unsaturated/α-hetero) is 1. The summed E-state index contributed by atoms with van der Waals surface area (Å²) in [5.74, 6) is -1.99. The molecule has 3 rings (SSSR count). The molecule has 2 aromatic carbocycles. The molecule has 33 heavy (non-hydrogen) atoms. The number of halogens is 1. The monoisotopic (exact) mass is 490 g/mol. The van der Waals surface area contributed by atoms with Crippen LogP contribution in [0, 0.1) is 5.82 Å². The number of hydrogen-bond donors (Lipinski definition) is 2. The lowest BCUT2D eigenvalue weighted by atomic mass is 10.2. The first-order valence-corrected chi connectivity index (χ1v) is 11.9. The van der Waals surface area contributed by atoms with Gasteiger partial charge in [-0.05, 0) is 54.6 Å². The molecule has 2 N–H and O–H groups in total. The first-order chi connectivity index (χ1) is 15.6. The third kappa shape index (κ3) is 6.70. The molecule has 1 amide bonds. The van der Waals surface area contributed by atoms with Crippen LogP contribution >= 0.6 is 11.3 Å². The number of hydrogen-bond acceptors (Lipinski definition) is 7. The molecule has 0 saturated heterocycles. The van der Waals surface area contributed by atoms with E-state index in [0.717, 1.165) is 23.1 Å². The van der Waals surface area contributed by atoms with Crippen LogP contribution in [0.1, 0.15) is 31.8 Å². The molecule has 0 atom stereocenters. The van der Waals surface area contributed by atoms with E-state index in [1.807, 2.05) is 0 Å². The molecule has 1 heterocycles. The number of sulfonamides is 1. The van der Waals surface area contributed by atoms with Gasteiger partial charge in [-0.1, -0.05) is 6.07 Å². The number of carbonyl (C=O) groups is 3. The van der Waals surface area contributed by atoms with Crippen molar-refractivity contribution in [1.29, 1.82) is 0 Å². The predicted octanol–water partition coefficient (Wildman–Crippen LogP) is 3.36. The molecule has 3 aromatic rings. The minimum absolute atomic E-state index is 0.0534. The van der Waals surface area contributed by atoms with Gasteiger partial charge in [0.05, 0.1) is 21.9 Å². The van der Waals surface area contributed by atoms with Gasteiger partial charge in [0.2, 0.25) is 11.7 Å². The van der Waals surface area contributed by atoms with Crippen LogP contribution in [0.25, 0.3) is 0 Å². The molecule has 0 fully saturated rings. The van der Waals surface area contributed by atoms with Crippen molar-refractivity contribution in [2.75, 3.05) is 11.3 Å². The maximum atomic E-state index is 13.0. The van der Waals surface area contributed by atoms with Crippen molar-refractivity contribution in [3.8, 4) is 0 Å². The molecule has 0 saturated carbocycles. The van der Waals surface area contributed by atoms with Gasteiger partial charge in [0.1, 0.15) is 5.82 Å². The van der Waals surface area contributed by atoms with Crippen LogP contribution < -0.4 is 10.0 Å². The van der Waals surface area contributed by atoms with E-state index in [1.54, 1.807) is 12.1 Å². The average molecular weight is 491 g/mol. The second kappa shape index (κ2) is 10.4. The van der Waals surface area contributed by atoms with Gasteiger partial charge in [0.25, 0.3) is 10.0 Å². The Morgan fingerprint density at radius 3 is 2.45 bits per heavy atom. The highest BCUT2D eigenvalue weighted by molar-refractivity contribution is 7.92. The summed E-state index contributed by atoms with van der Waals surface area (Å²) in [6.45, 7) is 1.15. The van der Waals surface area contributed by atoms with Crippen molar-refractivity contribution in [1.82, 2.24) is 5.32 Å². The van der Waals surface area contributed by atoms with Crippen LogP contribution in [-0.2, 0) is 26.1 Å². The summed E-state index contributed by atoms with van der Waals surface area (Å²) in [6, 6.07) is 13.2. The minimum atomic E-state index is -4.04. The van der Waals surface area contributed by atoms with Gasteiger partial charge < -0.3 is 10.1 Å². The smallest absolute Gasteiger partial charge is 0.338 e. The highest BCUT2D eigenvalue weighted by atomic mass is 32.2. The van der Waals surface area contributed by atoms with Crippen molar-refractivity contribution in [3.05, 3.63) is 81.8 Å². The lowest BCUT2D eigenvalue weighted by Crippen LogP contribution is -2.18. The molecule has 0 aliphatic carbocycles. The molecule has 1 aromatic heterocycles. The first kappa shape index (κ1) is 24.1. The van der Waals surface area contributed by atoms with E-state index in [4.69, 9.17) is 4.74 Å². The average Bonchev–Trinajstić information content (AvgIpc) is 3.26. The maximum absolute atomic E-state index is 13.0. The molecule has 0 radical (unpaired) electrons. The number of rotatable bonds is 9. The Kier molecular flexibility index (Phi) is 7.56. The number of carbonyl (C=O) groups excluding carboxylic acids is 3. The van der Waals surface area contributed by atoms with E-state index < -0.39 is 34.2 Å². The third-order valence-corrected chi connectivity index (χ3v) is 6.76. The summed E-state index contributed by atoms with van der Waals surface area (Å²) >= 11 is 1.17. The zero-order valence-corrected chi connectivity index (χ0v) is 19.0. The summed E-state index contributed by atoms with van der Waals surface area (Å²) < 4.78 is 45.5. The van der Waals surface area contributed by atoms with E-state index in [1.165, 1.54) is 48.6 Å². The van der Waals surface area contributed by atoms with Crippen molar-refractivity contribution >= 4 is 44.7 Å². The topological polar surface area (TPSA) is 119 Å². The lowest BCUT2D eigenvalue weighted by molar-refractivity contribution is -0.119. The standard InChI is InChI=1S/C22H19FN2O6S2/c1-14(26)24-12-18-9-10-21(32-18)20(27)13-31-22(28)15-3-2-4-19(11-15)33(29,30)25-17-7-5-16(23)6-8-17/h2-11,25H,12-13H2,1H3,(H,24,26). The number of thiophene rings is 1. The van der Waals surface area contributed by atoms with E-state index in [9.17, 15) is 27.2 Å². The van der Waals surface area contributed by atoms with Gasteiger partial charge in [-0.3, -0.25) is 14.3 Å². The van der Waals surface area contributed by atoms with Gasteiger partial charge in [-0.15, -0.1) is 11.3 Å². The van der Waals surface area contributed by atoms with Gasteiger partial charge in [-0.25, -0.2) is 17.6 Å². The SMILES string of the molecule is CC(=O)NCc1ccc(C(=O)COC(=O)c2cccc(S(=O)(=O)Nc3ccc(F)cc3)c2)s1. The van der Waals surface area contributed by atoms with Gasteiger partial charge >= 0.3 is 5.97 Å². The van der Waals surface area contributed by atoms with E-state index in [-0.39, 0.29) is 22.1 Å². The van der Waals surface area contributed by atoms with Crippen LogP contribution in [0.5, 0.6) is 0 Å². The summed E-state index contributed by atoms with van der Waals surface area (Å²) in [6.07, 6.45) is 0. The van der Waals surface area contributed by atoms with Gasteiger partial charge in [0.15, 0.2) is 6.61 Å². The first-order valence-electron chi connectivity index (χ1n) is 9.56. The fourth-order valence-corrected chi connectivity index (χ4v) is 4.62. The molecule has 0 unspecified atom stereocenters. The molecule has 8 nitrogen and oxygen atoms in total. The fraction of sp³-hybridized carbons (Fsp3) is 0.136. The zero-order valence-electron chi connectivity index (χ0n) is 17.3. The van der Waals surface area contributed by atoms with Crippen molar-refractivity contribution in [2.45, 2.75) is 18.4 Å². The van der Waals surface area contributed by atoms with E-state index in [2.05, 4.69) is 10.0 Å². The number of benzene rings is 2. The second-order valence-corrected chi connectivity index (χ2v) is 9.67. The zero-order chi connectivity index (χ0) is 24.0. The highest BCUT2D eigenvalue weighted by Gasteiger charge is 2.19. The number of ketones is 1. The highest BCUT2D eigenvalue weighted by Crippen LogP contribution is 2.19. The number of esters is 1. The Bertz CT molecular complexity index is 1290. The Hall–Kier alpha value is -3.57. The molecule has 172 valence electrons. The van der Waals surface area contributed by atoms with Crippen LogP contribution in [0.15, 0.2) is 65.6 Å². The van der Waals surface area contributed by atoms with E-state index >= 15 is 0 Å². The van der Waals surface area contributed by atoms with E-state index in [0.29, 0.717) is 11.4 Å². The summed E-state index contributed by atoms with van der Waals surface area (Å²) in [5.41, 5.74) is 0.103. The summed E-state index contributed by atoms with van der Waals surface area (Å²) in [4.78, 5) is 36.6. The molecule has 0 aliphatic heterocycles. The number of nitrogens with one attached hydrogen (secondary N) is 2. The molecule has 0 bridgehead atoms. The Labute approximate surface area is 193 Å². The van der Waals surface area contributed by atoms with Crippen LogP contribution in [0.3, 0.4) is 0 Å². The van der Waals surface area contributed by atoms with Gasteiger partial charge in [-0.2, -0.15) is 0 Å². The normalized spacial score (nSPS) is 11.0. The Morgan fingerprint density at radius 2 is 1.76 bits per heavy atom. The Balaban J connectivity index is 1.62. The van der Waals surface area contributed by atoms with Crippen molar-refractivity contribution in [2.24, 2.45) is 0 Å². The van der Waals surface area contributed by atoms with Crippen LogP contribution in [0.4, 0.5) is 10.1 Å².